The van der Waals surface area contributed by atoms with Gasteiger partial charge in [0.05, 0.1) is 16.9 Å². The highest BCUT2D eigenvalue weighted by atomic mass is 32.2. The summed E-state index contributed by atoms with van der Waals surface area (Å²) in [5.74, 6) is 0.591. The lowest BCUT2D eigenvalue weighted by atomic mass is 10.3. The number of nitrogens with zero attached hydrogens (tertiary/aromatic N) is 2. The van der Waals surface area contributed by atoms with E-state index in [1.54, 1.807) is 30.2 Å². The number of aromatic nitrogens is 2. The van der Waals surface area contributed by atoms with Crippen LogP contribution in [0.5, 0.6) is 0 Å². The molecule has 3 aromatic rings. The van der Waals surface area contributed by atoms with Crippen molar-refractivity contribution >= 4 is 34.7 Å². The van der Waals surface area contributed by atoms with Crippen molar-refractivity contribution in [1.82, 2.24) is 9.97 Å². The number of pyridine rings is 2. The number of carbonyl (C=O) groups is 1. The van der Waals surface area contributed by atoms with Crippen molar-refractivity contribution in [3.8, 4) is 0 Å². The fourth-order valence-corrected chi connectivity index (χ4v) is 3.32. The number of thiophene rings is 1. The molecule has 0 saturated heterocycles. The van der Waals surface area contributed by atoms with Gasteiger partial charge in [-0.05, 0) is 35.7 Å². The molecule has 4 nitrogen and oxygen atoms in total. The summed E-state index contributed by atoms with van der Waals surface area (Å²) in [6, 6.07) is 11.3. The maximum absolute atomic E-state index is 12.1. The van der Waals surface area contributed by atoms with Crippen molar-refractivity contribution in [3.63, 3.8) is 0 Å². The highest BCUT2D eigenvalue weighted by Gasteiger charge is 2.10. The molecule has 3 heterocycles. The number of hydrogen-bond acceptors (Lipinski definition) is 5. The van der Waals surface area contributed by atoms with Crippen LogP contribution in [0.4, 0.5) is 5.69 Å². The second-order valence-electron chi connectivity index (χ2n) is 4.43. The Morgan fingerprint density at radius 3 is 2.82 bits per heavy atom. The van der Waals surface area contributed by atoms with Gasteiger partial charge in [-0.1, -0.05) is 17.8 Å². The zero-order valence-corrected chi connectivity index (χ0v) is 13.2. The van der Waals surface area contributed by atoms with Gasteiger partial charge in [0, 0.05) is 23.5 Å². The molecule has 22 heavy (non-hydrogen) atoms. The molecule has 0 aliphatic carbocycles. The molecular formula is C16H13N3OS2. The van der Waals surface area contributed by atoms with Gasteiger partial charge in [-0.15, -0.1) is 0 Å². The van der Waals surface area contributed by atoms with Crippen LogP contribution in [0, 0.1) is 0 Å². The molecule has 0 aliphatic heterocycles. The van der Waals surface area contributed by atoms with E-state index in [-0.39, 0.29) is 5.91 Å². The summed E-state index contributed by atoms with van der Waals surface area (Å²) in [6.45, 7) is 0. The molecule has 1 N–H and O–H groups in total. The van der Waals surface area contributed by atoms with Crippen molar-refractivity contribution in [2.75, 3.05) is 5.32 Å². The molecule has 6 heteroatoms. The predicted octanol–water partition coefficient (Wildman–Crippen LogP) is 4.08. The number of hydrogen-bond donors (Lipinski definition) is 1. The maximum atomic E-state index is 12.1. The van der Waals surface area contributed by atoms with Crippen LogP contribution < -0.4 is 5.32 Å². The van der Waals surface area contributed by atoms with Crippen molar-refractivity contribution in [3.05, 3.63) is 70.8 Å². The molecule has 0 atom stereocenters. The number of nitrogens with one attached hydrogen (secondary N) is 1. The van der Waals surface area contributed by atoms with Gasteiger partial charge in [0.25, 0.3) is 5.91 Å². The van der Waals surface area contributed by atoms with E-state index in [2.05, 4.69) is 15.3 Å². The van der Waals surface area contributed by atoms with Crippen LogP contribution in [0.15, 0.2) is 64.6 Å². The largest absolute Gasteiger partial charge is 0.320 e. The molecule has 3 rings (SSSR count). The van der Waals surface area contributed by atoms with Crippen molar-refractivity contribution in [2.45, 2.75) is 10.8 Å². The van der Waals surface area contributed by atoms with E-state index < -0.39 is 0 Å². The van der Waals surface area contributed by atoms with E-state index in [0.717, 1.165) is 16.4 Å². The molecule has 1 amide bonds. The average Bonchev–Trinajstić information content (AvgIpc) is 3.10. The van der Waals surface area contributed by atoms with Crippen molar-refractivity contribution < 1.29 is 4.79 Å². The summed E-state index contributed by atoms with van der Waals surface area (Å²) in [5.41, 5.74) is 2.36. The number of thioether (sulfide) groups is 1. The molecule has 0 radical (unpaired) electrons. The SMILES string of the molecule is O=C(Nc1cccnc1SCc1ccccn1)c1ccsc1. The Morgan fingerprint density at radius 1 is 1.14 bits per heavy atom. The maximum Gasteiger partial charge on any atom is 0.256 e. The van der Waals surface area contributed by atoms with Gasteiger partial charge < -0.3 is 5.32 Å². The summed E-state index contributed by atoms with van der Waals surface area (Å²) in [5, 5.41) is 7.41. The minimum absolute atomic E-state index is 0.117. The summed E-state index contributed by atoms with van der Waals surface area (Å²) in [6.07, 6.45) is 3.49. The summed E-state index contributed by atoms with van der Waals surface area (Å²) < 4.78 is 0. The number of amides is 1. The Morgan fingerprint density at radius 2 is 2.05 bits per heavy atom. The van der Waals surface area contributed by atoms with E-state index in [0.29, 0.717) is 11.3 Å². The van der Waals surface area contributed by atoms with Gasteiger partial charge in [0.2, 0.25) is 0 Å². The lowest BCUT2D eigenvalue weighted by molar-refractivity contribution is 0.102. The predicted molar refractivity (Wildman–Crippen MR) is 90.3 cm³/mol. The number of anilines is 1. The minimum atomic E-state index is -0.117. The third-order valence-electron chi connectivity index (χ3n) is 2.89. The first-order chi connectivity index (χ1) is 10.8. The topological polar surface area (TPSA) is 54.9 Å². The van der Waals surface area contributed by atoms with Gasteiger partial charge in [-0.2, -0.15) is 11.3 Å². The highest BCUT2D eigenvalue weighted by Crippen LogP contribution is 2.27. The van der Waals surface area contributed by atoms with Gasteiger partial charge in [0.15, 0.2) is 0 Å². The Bertz CT molecular complexity index is 745. The first kappa shape index (κ1) is 14.7. The third-order valence-corrected chi connectivity index (χ3v) is 4.61. The monoisotopic (exact) mass is 327 g/mol. The Balaban J connectivity index is 1.71. The number of rotatable bonds is 5. The van der Waals surface area contributed by atoms with Crippen LogP contribution in [-0.2, 0) is 5.75 Å². The fraction of sp³-hybridized carbons (Fsp3) is 0.0625. The fourth-order valence-electron chi connectivity index (χ4n) is 1.81. The quantitative estimate of drug-likeness (QED) is 0.717. The molecular weight excluding hydrogens is 314 g/mol. The summed E-state index contributed by atoms with van der Waals surface area (Å²) in [7, 11) is 0. The Kier molecular flexibility index (Phi) is 4.82. The zero-order valence-electron chi connectivity index (χ0n) is 11.6. The van der Waals surface area contributed by atoms with E-state index >= 15 is 0 Å². The van der Waals surface area contributed by atoms with Crippen molar-refractivity contribution in [1.29, 1.82) is 0 Å². The van der Waals surface area contributed by atoms with Gasteiger partial charge in [0.1, 0.15) is 5.03 Å². The summed E-state index contributed by atoms with van der Waals surface area (Å²) in [4.78, 5) is 20.8. The highest BCUT2D eigenvalue weighted by molar-refractivity contribution is 7.98. The van der Waals surface area contributed by atoms with E-state index in [4.69, 9.17) is 0 Å². The van der Waals surface area contributed by atoms with Crippen LogP contribution in [0.3, 0.4) is 0 Å². The summed E-state index contributed by atoms with van der Waals surface area (Å²) >= 11 is 3.05. The Labute approximate surface area is 136 Å². The van der Waals surface area contributed by atoms with Crippen LogP contribution in [0.1, 0.15) is 16.1 Å². The Hall–Kier alpha value is -2.18. The molecule has 0 aliphatic rings. The molecule has 0 saturated carbocycles. The van der Waals surface area contributed by atoms with Gasteiger partial charge >= 0.3 is 0 Å². The molecule has 3 aromatic heterocycles. The van der Waals surface area contributed by atoms with E-state index in [1.807, 2.05) is 41.1 Å². The van der Waals surface area contributed by atoms with Crippen LogP contribution in [-0.4, -0.2) is 15.9 Å². The first-order valence-corrected chi connectivity index (χ1v) is 8.57. The molecule has 0 spiro atoms. The van der Waals surface area contributed by atoms with Crippen LogP contribution in [0.25, 0.3) is 0 Å². The standard InChI is InChI=1S/C16H13N3OS2/c20-15(12-6-9-21-10-12)19-14-5-3-8-18-16(14)22-11-13-4-1-2-7-17-13/h1-10H,11H2,(H,19,20). The molecule has 110 valence electrons. The lowest BCUT2D eigenvalue weighted by Gasteiger charge is -2.09. The normalized spacial score (nSPS) is 10.4. The number of carbonyl (C=O) groups excluding carboxylic acids is 1. The van der Waals surface area contributed by atoms with Crippen molar-refractivity contribution in [2.24, 2.45) is 0 Å². The molecule has 0 aromatic carbocycles. The van der Waals surface area contributed by atoms with E-state index in [1.165, 1.54) is 11.3 Å². The molecule has 0 bridgehead atoms. The van der Waals surface area contributed by atoms with Crippen LogP contribution in [0.2, 0.25) is 0 Å². The van der Waals surface area contributed by atoms with Gasteiger partial charge in [-0.3, -0.25) is 9.78 Å². The lowest BCUT2D eigenvalue weighted by Crippen LogP contribution is -2.11. The average molecular weight is 327 g/mol. The van der Waals surface area contributed by atoms with Gasteiger partial charge in [-0.25, -0.2) is 4.98 Å². The zero-order chi connectivity index (χ0) is 15.2. The van der Waals surface area contributed by atoms with E-state index in [9.17, 15) is 4.79 Å². The first-order valence-electron chi connectivity index (χ1n) is 6.64. The smallest absolute Gasteiger partial charge is 0.256 e. The second-order valence-corrected chi connectivity index (χ2v) is 6.18. The minimum Gasteiger partial charge on any atom is -0.320 e. The molecule has 0 fully saturated rings. The van der Waals surface area contributed by atoms with Crippen LogP contribution >= 0.6 is 23.1 Å². The third kappa shape index (κ3) is 3.72. The molecule has 0 unspecified atom stereocenters. The second kappa shape index (κ2) is 7.20.